The second-order valence-corrected chi connectivity index (χ2v) is 4.81. The minimum Gasteiger partial charge on any atom is -0.409 e. The molecule has 0 aromatic heterocycles. The molecule has 1 fully saturated rings. The molecule has 6 heteroatoms. The number of likely N-dealkylation sites (tertiary alicyclic amines) is 1. The van der Waals surface area contributed by atoms with Gasteiger partial charge in [0.15, 0.2) is 5.84 Å². The number of oxime groups is 1. The van der Waals surface area contributed by atoms with Crippen LogP contribution in [0.25, 0.3) is 0 Å². The van der Waals surface area contributed by atoms with Gasteiger partial charge in [0, 0.05) is 13.1 Å². The lowest BCUT2D eigenvalue weighted by molar-refractivity contribution is -0.137. The van der Waals surface area contributed by atoms with Crippen molar-refractivity contribution >= 4 is 11.7 Å². The fraction of sp³-hybridized carbons (Fsp3) is 0.818. The van der Waals surface area contributed by atoms with Crippen molar-refractivity contribution in [3.8, 4) is 0 Å². The lowest BCUT2D eigenvalue weighted by Crippen LogP contribution is -2.49. The summed E-state index contributed by atoms with van der Waals surface area (Å²) in [4.78, 5) is 13.8. The first-order chi connectivity index (χ1) is 7.91. The van der Waals surface area contributed by atoms with E-state index in [2.05, 4.69) is 5.16 Å². The first-order valence-corrected chi connectivity index (χ1v) is 5.90. The zero-order chi connectivity index (χ0) is 13.1. The molecule has 0 aliphatic carbocycles. The lowest BCUT2D eigenvalue weighted by Gasteiger charge is -2.37. The molecule has 0 spiro atoms. The van der Waals surface area contributed by atoms with Gasteiger partial charge >= 0.3 is 0 Å². The van der Waals surface area contributed by atoms with Crippen molar-refractivity contribution in [3.05, 3.63) is 0 Å². The Hall–Kier alpha value is -1.30. The molecule has 1 saturated heterocycles. The highest BCUT2D eigenvalue weighted by atomic mass is 16.4. The molecule has 1 heterocycles. The summed E-state index contributed by atoms with van der Waals surface area (Å²) in [6, 6.07) is 0. The number of rotatable bonds is 3. The van der Waals surface area contributed by atoms with E-state index in [0.717, 1.165) is 0 Å². The maximum Gasteiger partial charge on any atom is 0.233 e. The predicted octanol–water partition coefficient (Wildman–Crippen LogP) is 0.132. The van der Waals surface area contributed by atoms with E-state index in [1.807, 2.05) is 6.92 Å². The SMILES string of the molecule is CCC(C(=O)N1CCC(C)(O)CC1)C(N)=NO. The van der Waals surface area contributed by atoms with Gasteiger partial charge < -0.3 is 20.9 Å². The summed E-state index contributed by atoms with van der Waals surface area (Å²) in [5.74, 6) is -0.740. The van der Waals surface area contributed by atoms with Gasteiger partial charge in [-0.05, 0) is 26.2 Å². The van der Waals surface area contributed by atoms with E-state index >= 15 is 0 Å². The van der Waals surface area contributed by atoms with Crippen LogP contribution in [-0.4, -0.2) is 45.6 Å². The fourth-order valence-corrected chi connectivity index (χ4v) is 2.01. The van der Waals surface area contributed by atoms with Crippen LogP contribution < -0.4 is 5.73 Å². The monoisotopic (exact) mass is 243 g/mol. The van der Waals surface area contributed by atoms with E-state index in [0.29, 0.717) is 32.4 Å². The van der Waals surface area contributed by atoms with Gasteiger partial charge in [0.2, 0.25) is 5.91 Å². The van der Waals surface area contributed by atoms with Crippen LogP contribution in [0.4, 0.5) is 0 Å². The zero-order valence-corrected chi connectivity index (χ0v) is 10.4. The molecular formula is C11H21N3O3. The van der Waals surface area contributed by atoms with E-state index < -0.39 is 11.5 Å². The Bertz CT molecular complexity index is 305. The summed E-state index contributed by atoms with van der Waals surface area (Å²) in [7, 11) is 0. The van der Waals surface area contributed by atoms with Crippen LogP contribution in [0.3, 0.4) is 0 Å². The van der Waals surface area contributed by atoms with Crippen LogP contribution in [0.5, 0.6) is 0 Å². The molecule has 98 valence electrons. The average molecular weight is 243 g/mol. The quantitative estimate of drug-likeness (QED) is 0.284. The third-order valence-electron chi connectivity index (χ3n) is 3.33. The van der Waals surface area contributed by atoms with Gasteiger partial charge in [-0.1, -0.05) is 12.1 Å². The van der Waals surface area contributed by atoms with E-state index in [1.165, 1.54) is 0 Å². The smallest absolute Gasteiger partial charge is 0.233 e. The third kappa shape index (κ3) is 3.33. The standard InChI is InChI=1S/C11H21N3O3/c1-3-8(9(12)13-17)10(15)14-6-4-11(2,16)5-7-14/h8,16-17H,3-7H2,1-2H3,(H2,12,13). The molecule has 17 heavy (non-hydrogen) atoms. The van der Waals surface area contributed by atoms with Crippen LogP contribution in [0, 0.1) is 5.92 Å². The summed E-state index contributed by atoms with van der Waals surface area (Å²) < 4.78 is 0. The molecule has 1 aliphatic rings. The minimum absolute atomic E-state index is 0.0465. The van der Waals surface area contributed by atoms with Crippen molar-refractivity contribution in [1.82, 2.24) is 4.90 Å². The summed E-state index contributed by atoms with van der Waals surface area (Å²) in [5, 5.41) is 21.3. The predicted molar refractivity (Wildman–Crippen MR) is 63.6 cm³/mol. The molecule has 0 radical (unpaired) electrons. The Labute approximate surface area is 101 Å². The van der Waals surface area contributed by atoms with E-state index in [-0.39, 0.29) is 11.7 Å². The molecule has 0 bridgehead atoms. The Kier molecular flexibility index (Phi) is 4.34. The van der Waals surface area contributed by atoms with Gasteiger partial charge in [0.1, 0.15) is 0 Å². The number of aliphatic hydroxyl groups is 1. The number of hydrogen-bond acceptors (Lipinski definition) is 4. The van der Waals surface area contributed by atoms with Crippen LogP contribution in [0.15, 0.2) is 5.16 Å². The molecular weight excluding hydrogens is 222 g/mol. The summed E-state index contributed by atoms with van der Waals surface area (Å²) >= 11 is 0. The molecule has 0 saturated carbocycles. The molecule has 1 unspecified atom stereocenters. The number of amidine groups is 1. The van der Waals surface area contributed by atoms with Gasteiger partial charge in [0.25, 0.3) is 0 Å². The van der Waals surface area contributed by atoms with E-state index in [4.69, 9.17) is 10.9 Å². The lowest BCUT2D eigenvalue weighted by atomic mass is 9.92. The van der Waals surface area contributed by atoms with Crippen molar-refractivity contribution in [2.75, 3.05) is 13.1 Å². The largest absolute Gasteiger partial charge is 0.409 e. The number of piperidine rings is 1. The Balaban J connectivity index is 2.65. The van der Waals surface area contributed by atoms with E-state index in [1.54, 1.807) is 11.8 Å². The van der Waals surface area contributed by atoms with Crippen molar-refractivity contribution in [1.29, 1.82) is 0 Å². The van der Waals surface area contributed by atoms with Crippen LogP contribution in [0.1, 0.15) is 33.1 Å². The zero-order valence-electron chi connectivity index (χ0n) is 10.4. The molecule has 0 aromatic carbocycles. The van der Waals surface area contributed by atoms with Gasteiger partial charge in [-0.25, -0.2) is 0 Å². The Morgan fingerprint density at radius 1 is 1.53 bits per heavy atom. The molecule has 1 rings (SSSR count). The van der Waals surface area contributed by atoms with Gasteiger partial charge in [-0.15, -0.1) is 0 Å². The van der Waals surface area contributed by atoms with Crippen molar-refractivity contribution < 1.29 is 15.1 Å². The third-order valence-corrected chi connectivity index (χ3v) is 3.33. The minimum atomic E-state index is -0.685. The molecule has 1 atom stereocenters. The van der Waals surface area contributed by atoms with Crippen molar-refractivity contribution in [2.24, 2.45) is 16.8 Å². The fourth-order valence-electron chi connectivity index (χ4n) is 2.01. The number of nitrogens with two attached hydrogens (primary N) is 1. The number of carbonyl (C=O) groups excluding carboxylic acids is 1. The van der Waals surface area contributed by atoms with Gasteiger partial charge in [-0.3, -0.25) is 4.79 Å². The Morgan fingerprint density at radius 2 is 2.06 bits per heavy atom. The first-order valence-electron chi connectivity index (χ1n) is 5.90. The Morgan fingerprint density at radius 3 is 2.47 bits per heavy atom. The number of amides is 1. The highest BCUT2D eigenvalue weighted by Gasteiger charge is 2.33. The highest BCUT2D eigenvalue weighted by Crippen LogP contribution is 2.22. The molecule has 1 amide bonds. The van der Waals surface area contributed by atoms with Gasteiger partial charge in [-0.2, -0.15) is 0 Å². The molecule has 1 aliphatic heterocycles. The second kappa shape index (κ2) is 5.35. The number of hydrogen-bond donors (Lipinski definition) is 3. The topological polar surface area (TPSA) is 99.2 Å². The van der Waals surface area contributed by atoms with Crippen molar-refractivity contribution in [3.63, 3.8) is 0 Å². The van der Waals surface area contributed by atoms with Crippen molar-refractivity contribution in [2.45, 2.75) is 38.7 Å². The number of nitrogens with zero attached hydrogens (tertiary/aromatic N) is 2. The maximum atomic E-state index is 12.1. The second-order valence-electron chi connectivity index (χ2n) is 4.81. The number of carbonyl (C=O) groups is 1. The summed E-state index contributed by atoms with van der Waals surface area (Å²) in [6.07, 6.45) is 1.62. The van der Waals surface area contributed by atoms with Crippen LogP contribution >= 0.6 is 0 Å². The van der Waals surface area contributed by atoms with E-state index in [9.17, 15) is 9.90 Å². The summed E-state index contributed by atoms with van der Waals surface area (Å²) in [5.41, 5.74) is 4.81. The highest BCUT2D eigenvalue weighted by molar-refractivity contribution is 6.02. The maximum absolute atomic E-state index is 12.1. The normalized spacial score (nSPS) is 22.3. The molecule has 4 N–H and O–H groups in total. The average Bonchev–Trinajstić information content (AvgIpc) is 2.29. The van der Waals surface area contributed by atoms with Crippen LogP contribution in [-0.2, 0) is 4.79 Å². The molecule has 0 aromatic rings. The summed E-state index contributed by atoms with van der Waals surface area (Å²) in [6.45, 7) is 4.62. The molecule has 6 nitrogen and oxygen atoms in total. The van der Waals surface area contributed by atoms with Crippen LogP contribution in [0.2, 0.25) is 0 Å². The first kappa shape index (κ1) is 13.8. The van der Waals surface area contributed by atoms with Gasteiger partial charge in [0.05, 0.1) is 11.5 Å².